The van der Waals surface area contributed by atoms with Gasteiger partial charge in [-0.25, -0.2) is 5.43 Å². The number of rotatable bonds is 5. The van der Waals surface area contributed by atoms with Crippen molar-refractivity contribution in [1.29, 1.82) is 0 Å². The summed E-state index contributed by atoms with van der Waals surface area (Å²) in [6.45, 7) is 5.85. The molecule has 0 aliphatic carbocycles. The first-order valence-corrected chi connectivity index (χ1v) is 9.55. The van der Waals surface area contributed by atoms with Crippen molar-refractivity contribution in [3.05, 3.63) is 29.8 Å². The predicted molar refractivity (Wildman–Crippen MR) is 107 cm³/mol. The van der Waals surface area contributed by atoms with Crippen molar-refractivity contribution in [2.45, 2.75) is 32.6 Å². The fourth-order valence-electron chi connectivity index (χ4n) is 3.42. The molecule has 27 heavy (non-hydrogen) atoms. The quantitative estimate of drug-likeness (QED) is 0.620. The number of hydrogen-bond acceptors (Lipinski definition) is 8. The zero-order valence-electron chi connectivity index (χ0n) is 15.6. The third-order valence-corrected chi connectivity index (χ3v) is 5.00. The summed E-state index contributed by atoms with van der Waals surface area (Å²) in [5.41, 5.74) is 4.71. The number of phenols is 1. The van der Waals surface area contributed by atoms with Crippen molar-refractivity contribution in [2.75, 3.05) is 41.4 Å². The molecule has 0 bridgehead atoms. The first-order valence-electron chi connectivity index (χ1n) is 9.55. The molecule has 0 unspecified atom stereocenters. The van der Waals surface area contributed by atoms with Crippen LogP contribution in [0.15, 0.2) is 29.4 Å². The van der Waals surface area contributed by atoms with Crippen LogP contribution in [0.4, 0.5) is 17.8 Å². The molecule has 1 aromatic carbocycles. The highest BCUT2D eigenvalue weighted by Gasteiger charge is 2.21. The summed E-state index contributed by atoms with van der Waals surface area (Å²) in [6.07, 6.45) is 4.69. The Hall–Kier alpha value is -2.90. The van der Waals surface area contributed by atoms with Gasteiger partial charge >= 0.3 is 0 Å². The Bertz CT molecular complexity index is 775. The fraction of sp³-hybridized carbons (Fsp3) is 0.474. The van der Waals surface area contributed by atoms with Gasteiger partial charge in [-0.3, -0.25) is 0 Å². The molecule has 1 aromatic heterocycles. The lowest BCUT2D eigenvalue weighted by Gasteiger charge is -2.20. The first-order chi connectivity index (χ1) is 13.2. The van der Waals surface area contributed by atoms with Crippen LogP contribution in [0.5, 0.6) is 5.75 Å². The lowest BCUT2D eigenvalue weighted by Crippen LogP contribution is -2.25. The molecule has 0 atom stereocenters. The first kappa shape index (κ1) is 17.5. The zero-order chi connectivity index (χ0) is 18.6. The van der Waals surface area contributed by atoms with Crippen LogP contribution in [0.1, 0.15) is 38.2 Å². The van der Waals surface area contributed by atoms with Crippen LogP contribution < -0.4 is 15.2 Å². The van der Waals surface area contributed by atoms with E-state index in [0.717, 1.165) is 49.4 Å². The van der Waals surface area contributed by atoms with E-state index in [1.54, 1.807) is 12.1 Å². The van der Waals surface area contributed by atoms with Crippen LogP contribution in [0, 0.1) is 0 Å². The molecule has 0 amide bonds. The van der Waals surface area contributed by atoms with Crippen LogP contribution in [0.25, 0.3) is 0 Å². The van der Waals surface area contributed by atoms with Gasteiger partial charge in [0.2, 0.25) is 17.8 Å². The summed E-state index contributed by atoms with van der Waals surface area (Å²) in [4.78, 5) is 18.3. The van der Waals surface area contributed by atoms with Crippen molar-refractivity contribution in [1.82, 2.24) is 15.0 Å². The van der Waals surface area contributed by atoms with E-state index in [4.69, 9.17) is 4.98 Å². The third kappa shape index (κ3) is 4.10. The smallest absolute Gasteiger partial charge is 0.250 e. The molecule has 3 heterocycles. The van der Waals surface area contributed by atoms with E-state index in [-0.39, 0.29) is 5.75 Å². The second-order valence-electron chi connectivity index (χ2n) is 7.00. The Morgan fingerprint density at radius 3 is 1.93 bits per heavy atom. The molecule has 2 fully saturated rings. The summed E-state index contributed by atoms with van der Waals surface area (Å²) in [6, 6.07) is 6.95. The zero-order valence-corrected chi connectivity index (χ0v) is 15.6. The molecule has 142 valence electrons. The Kier molecular flexibility index (Phi) is 5.04. The van der Waals surface area contributed by atoms with E-state index in [2.05, 4.69) is 30.3 Å². The van der Waals surface area contributed by atoms with Crippen molar-refractivity contribution in [3.8, 4) is 5.75 Å². The lowest BCUT2D eigenvalue weighted by molar-refractivity contribution is 0.475. The molecule has 0 radical (unpaired) electrons. The van der Waals surface area contributed by atoms with E-state index in [9.17, 15) is 5.11 Å². The molecule has 2 aromatic rings. The second kappa shape index (κ2) is 7.77. The van der Waals surface area contributed by atoms with Gasteiger partial charge in [0.25, 0.3) is 0 Å². The predicted octanol–water partition coefficient (Wildman–Crippen LogP) is 2.61. The summed E-state index contributed by atoms with van der Waals surface area (Å²) >= 11 is 0. The number of hydrazone groups is 1. The van der Waals surface area contributed by atoms with Gasteiger partial charge in [-0.05, 0) is 62.4 Å². The maximum absolute atomic E-state index is 9.42. The van der Waals surface area contributed by atoms with Crippen molar-refractivity contribution >= 4 is 23.6 Å². The number of benzene rings is 1. The Morgan fingerprint density at radius 1 is 0.889 bits per heavy atom. The van der Waals surface area contributed by atoms with E-state index >= 15 is 0 Å². The number of nitrogens with zero attached hydrogens (tertiary/aromatic N) is 6. The molecular weight excluding hydrogens is 342 g/mol. The Balaban J connectivity index is 1.58. The monoisotopic (exact) mass is 367 g/mol. The Labute approximate surface area is 159 Å². The van der Waals surface area contributed by atoms with Crippen LogP contribution in [-0.4, -0.2) is 51.9 Å². The van der Waals surface area contributed by atoms with Gasteiger partial charge in [0.15, 0.2) is 0 Å². The van der Waals surface area contributed by atoms with Crippen LogP contribution in [-0.2, 0) is 0 Å². The molecule has 2 N–H and O–H groups in total. The van der Waals surface area contributed by atoms with Crippen LogP contribution in [0.2, 0.25) is 0 Å². The molecule has 4 rings (SSSR count). The third-order valence-electron chi connectivity index (χ3n) is 5.00. The van der Waals surface area contributed by atoms with Gasteiger partial charge in [0.1, 0.15) is 5.75 Å². The number of aromatic nitrogens is 3. The maximum Gasteiger partial charge on any atom is 0.250 e. The van der Waals surface area contributed by atoms with Crippen molar-refractivity contribution in [3.63, 3.8) is 0 Å². The second-order valence-corrected chi connectivity index (χ2v) is 7.00. The fourth-order valence-corrected chi connectivity index (χ4v) is 3.42. The largest absolute Gasteiger partial charge is 0.508 e. The van der Waals surface area contributed by atoms with E-state index in [1.807, 2.05) is 19.1 Å². The molecule has 2 aliphatic rings. The molecule has 0 spiro atoms. The van der Waals surface area contributed by atoms with Crippen LogP contribution in [0.3, 0.4) is 0 Å². The number of phenolic OH excluding ortho intramolecular Hbond substituents is 1. The van der Waals surface area contributed by atoms with Gasteiger partial charge in [0.05, 0.1) is 5.71 Å². The van der Waals surface area contributed by atoms with E-state index in [0.29, 0.717) is 5.95 Å². The van der Waals surface area contributed by atoms with Gasteiger partial charge < -0.3 is 14.9 Å². The molecule has 8 nitrogen and oxygen atoms in total. The number of anilines is 3. The maximum atomic E-state index is 9.42. The molecule has 0 saturated carbocycles. The van der Waals surface area contributed by atoms with E-state index < -0.39 is 0 Å². The highest BCUT2D eigenvalue weighted by molar-refractivity contribution is 5.99. The number of nitrogens with one attached hydrogen (secondary N) is 1. The molecule has 2 saturated heterocycles. The summed E-state index contributed by atoms with van der Waals surface area (Å²) in [5, 5.41) is 13.8. The highest BCUT2D eigenvalue weighted by Crippen LogP contribution is 2.22. The Morgan fingerprint density at radius 2 is 1.41 bits per heavy atom. The van der Waals surface area contributed by atoms with Gasteiger partial charge in [-0.1, -0.05) is 0 Å². The SMILES string of the molecule is C/C(=N/Nc1nc(N2CCCC2)nc(N2CCCC2)n1)c1ccc(O)cc1. The van der Waals surface area contributed by atoms with Crippen molar-refractivity contribution in [2.24, 2.45) is 5.10 Å². The highest BCUT2D eigenvalue weighted by atomic mass is 16.3. The van der Waals surface area contributed by atoms with Crippen molar-refractivity contribution < 1.29 is 5.11 Å². The molecule has 8 heteroatoms. The minimum absolute atomic E-state index is 0.238. The van der Waals surface area contributed by atoms with Gasteiger partial charge in [-0.2, -0.15) is 20.1 Å². The standard InChI is InChI=1S/C19H25N7O/c1-14(15-6-8-16(27)9-7-15)23-24-17-20-18(25-10-2-3-11-25)22-19(21-17)26-12-4-5-13-26/h6-9,27H,2-5,10-13H2,1H3,(H,20,21,22,24)/b23-14-. The van der Waals surface area contributed by atoms with Crippen LogP contribution >= 0.6 is 0 Å². The molecular formula is C19H25N7O. The average Bonchev–Trinajstić information content (AvgIpc) is 3.40. The normalized spacial score (nSPS) is 17.6. The lowest BCUT2D eigenvalue weighted by atomic mass is 10.1. The average molecular weight is 367 g/mol. The molecule has 2 aliphatic heterocycles. The van der Waals surface area contributed by atoms with E-state index in [1.165, 1.54) is 25.7 Å². The van der Waals surface area contributed by atoms with Gasteiger partial charge in [-0.15, -0.1) is 0 Å². The van der Waals surface area contributed by atoms with Gasteiger partial charge in [0, 0.05) is 26.2 Å². The summed E-state index contributed by atoms with van der Waals surface area (Å²) in [7, 11) is 0. The number of hydrogen-bond donors (Lipinski definition) is 2. The summed E-state index contributed by atoms with van der Waals surface area (Å²) < 4.78 is 0. The minimum atomic E-state index is 0.238. The number of aromatic hydroxyl groups is 1. The summed E-state index contributed by atoms with van der Waals surface area (Å²) in [5.74, 6) is 2.16. The topological polar surface area (TPSA) is 89.8 Å². The minimum Gasteiger partial charge on any atom is -0.508 e.